The maximum atomic E-state index is 11.9. The first-order valence-corrected chi connectivity index (χ1v) is 6.19. The lowest BCUT2D eigenvalue weighted by Gasteiger charge is -2.08. The molecule has 2 N–H and O–H groups in total. The van der Waals surface area contributed by atoms with Crippen molar-refractivity contribution in [3.63, 3.8) is 0 Å². The van der Waals surface area contributed by atoms with Crippen LogP contribution in [0.5, 0.6) is 0 Å². The molecule has 1 aromatic rings. The van der Waals surface area contributed by atoms with Crippen LogP contribution in [0.2, 0.25) is 0 Å². The van der Waals surface area contributed by atoms with Crippen LogP contribution >= 0.6 is 11.3 Å². The highest BCUT2D eigenvalue weighted by Crippen LogP contribution is 2.25. The van der Waals surface area contributed by atoms with Crippen molar-refractivity contribution in [3.05, 3.63) is 16.3 Å². The molecule has 0 bridgehead atoms. The van der Waals surface area contributed by atoms with E-state index in [-0.39, 0.29) is 22.8 Å². The lowest BCUT2D eigenvalue weighted by Crippen LogP contribution is -2.23. The molecular weight excluding hydrogens is 242 g/mol. The quantitative estimate of drug-likeness (QED) is 0.863. The topological polar surface area (TPSA) is 75.6 Å². The Morgan fingerprint density at radius 2 is 2.35 bits per heavy atom. The summed E-state index contributed by atoms with van der Waals surface area (Å²) in [6.07, 6.45) is 0.769. The zero-order chi connectivity index (χ0) is 12.4. The summed E-state index contributed by atoms with van der Waals surface area (Å²) in [7, 11) is 0. The summed E-state index contributed by atoms with van der Waals surface area (Å²) in [6, 6.07) is 1.60. The number of carboxylic acids is 1. The number of carboxylic acid groups (broad SMARTS) is 1. The van der Waals surface area contributed by atoms with Gasteiger partial charge in [0.05, 0.1) is 24.3 Å². The highest BCUT2D eigenvalue weighted by Gasteiger charge is 2.29. The summed E-state index contributed by atoms with van der Waals surface area (Å²) < 4.78 is 5.31. The molecule has 5 nitrogen and oxygen atoms in total. The third-order valence-corrected chi connectivity index (χ3v) is 3.59. The molecule has 0 spiro atoms. The van der Waals surface area contributed by atoms with Gasteiger partial charge in [0.15, 0.2) is 0 Å². The van der Waals surface area contributed by atoms with Gasteiger partial charge in [-0.3, -0.25) is 4.79 Å². The molecule has 2 heterocycles. The number of hydrogen-bond donors (Lipinski definition) is 2. The smallest absolute Gasteiger partial charge is 0.348 e. The molecule has 0 radical (unpaired) electrons. The third kappa shape index (κ3) is 2.65. The minimum atomic E-state index is -1.02. The first-order valence-electron chi connectivity index (χ1n) is 5.31. The molecule has 6 heteroatoms. The minimum Gasteiger partial charge on any atom is -0.477 e. The molecule has 1 aliphatic heterocycles. The Morgan fingerprint density at radius 1 is 1.59 bits per heavy atom. The number of thiophene rings is 1. The van der Waals surface area contributed by atoms with Gasteiger partial charge in [-0.25, -0.2) is 4.79 Å². The summed E-state index contributed by atoms with van der Waals surface area (Å²) in [5.74, 6) is -1.38. The number of anilines is 1. The average Bonchev–Trinajstić information content (AvgIpc) is 2.86. The van der Waals surface area contributed by atoms with Crippen molar-refractivity contribution >= 4 is 28.9 Å². The number of ether oxygens (including phenoxy) is 1. The molecule has 1 saturated heterocycles. The van der Waals surface area contributed by atoms with Gasteiger partial charge in [0.1, 0.15) is 4.88 Å². The van der Waals surface area contributed by atoms with Gasteiger partial charge >= 0.3 is 5.97 Å². The van der Waals surface area contributed by atoms with Gasteiger partial charge < -0.3 is 15.2 Å². The van der Waals surface area contributed by atoms with Gasteiger partial charge in [-0.15, -0.1) is 11.3 Å². The van der Waals surface area contributed by atoms with Crippen molar-refractivity contribution in [2.24, 2.45) is 5.92 Å². The largest absolute Gasteiger partial charge is 0.477 e. The zero-order valence-electron chi connectivity index (χ0n) is 9.30. The van der Waals surface area contributed by atoms with E-state index in [2.05, 4.69) is 5.32 Å². The van der Waals surface area contributed by atoms with E-state index in [1.165, 1.54) is 0 Å². The van der Waals surface area contributed by atoms with E-state index in [0.717, 1.165) is 11.3 Å². The van der Waals surface area contributed by atoms with Gasteiger partial charge in [-0.05, 0) is 24.8 Å². The third-order valence-electron chi connectivity index (χ3n) is 2.69. The number of aromatic carboxylic acids is 1. The summed E-state index contributed by atoms with van der Waals surface area (Å²) in [5, 5.41) is 13.2. The second-order valence-corrected chi connectivity index (χ2v) is 4.95. The van der Waals surface area contributed by atoms with Gasteiger partial charge in [0.25, 0.3) is 0 Å². The van der Waals surface area contributed by atoms with Crippen LogP contribution in [-0.2, 0) is 9.53 Å². The van der Waals surface area contributed by atoms with E-state index in [1.54, 1.807) is 11.4 Å². The van der Waals surface area contributed by atoms with E-state index in [9.17, 15) is 9.59 Å². The van der Waals surface area contributed by atoms with Crippen molar-refractivity contribution in [2.75, 3.05) is 11.9 Å². The second-order valence-electron chi connectivity index (χ2n) is 4.03. The SMILES string of the molecule is CC1CC(C(=O)Nc2ccsc2C(=O)O)CO1. The fourth-order valence-electron chi connectivity index (χ4n) is 1.81. The molecule has 0 saturated carbocycles. The number of nitrogens with one attached hydrogen (secondary N) is 1. The van der Waals surface area contributed by atoms with Crippen molar-refractivity contribution in [2.45, 2.75) is 19.4 Å². The molecule has 1 aliphatic rings. The molecule has 2 unspecified atom stereocenters. The van der Waals surface area contributed by atoms with Crippen LogP contribution in [0.3, 0.4) is 0 Å². The summed E-state index contributed by atoms with van der Waals surface area (Å²) in [5.41, 5.74) is 0.368. The van der Waals surface area contributed by atoms with Crippen LogP contribution in [0.4, 0.5) is 5.69 Å². The fourth-order valence-corrected chi connectivity index (χ4v) is 2.50. The first-order chi connectivity index (χ1) is 8.08. The molecule has 1 amide bonds. The number of hydrogen-bond acceptors (Lipinski definition) is 4. The van der Waals surface area contributed by atoms with E-state index in [4.69, 9.17) is 9.84 Å². The van der Waals surface area contributed by atoms with Crippen LogP contribution in [0.15, 0.2) is 11.4 Å². The summed E-state index contributed by atoms with van der Waals surface area (Å²) in [6.45, 7) is 2.32. The van der Waals surface area contributed by atoms with Crippen molar-refractivity contribution in [1.29, 1.82) is 0 Å². The maximum absolute atomic E-state index is 11.9. The van der Waals surface area contributed by atoms with Gasteiger partial charge in [0, 0.05) is 0 Å². The molecule has 0 aliphatic carbocycles. The van der Waals surface area contributed by atoms with E-state index in [0.29, 0.717) is 18.7 Å². The Bertz CT molecular complexity index is 442. The fraction of sp³-hybridized carbons (Fsp3) is 0.455. The molecular formula is C11H13NO4S. The van der Waals surface area contributed by atoms with Gasteiger partial charge in [0.2, 0.25) is 5.91 Å². The number of carbonyl (C=O) groups excluding carboxylic acids is 1. The van der Waals surface area contributed by atoms with Crippen molar-refractivity contribution in [1.82, 2.24) is 0 Å². The molecule has 1 aromatic heterocycles. The molecule has 1 fully saturated rings. The lowest BCUT2D eigenvalue weighted by atomic mass is 10.1. The zero-order valence-corrected chi connectivity index (χ0v) is 10.1. The normalized spacial score (nSPS) is 23.6. The highest BCUT2D eigenvalue weighted by atomic mass is 32.1. The Morgan fingerprint density at radius 3 is 2.94 bits per heavy atom. The number of carbonyl (C=O) groups is 2. The minimum absolute atomic E-state index is 0.0900. The lowest BCUT2D eigenvalue weighted by molar-refractivity contribution is -0.119. The van der Waals surface area contributed by atoms with Gasteiger partial charge in [-0.2, -0.15) is 0 Å². The van der Waals surface area contributed by atoms with Crippen molar-refractivity contribution in [3.8, 4) is 0 Å². The monoisotopic (exact) mass is 255 g/mol. The number of rotatable bonds is 3. The van der Waals surface area contributed by atoms with Crippen LogP contribution in [0.25, 0.3) is 0 Å². The highest BCUT2D eigenvalue weighted by molar-refractivity contribution is 7.12. The average molecular weight is 255 g/mol. The van der Waals surface area contributed by atoms with E-state index >= 15 is 0 Å². The second kappa shape index (κ2) is 4.85. The Kier molecular flexibility index (Phi) is 3.44. The Balaban J connectivity index is 2.03. The van der Waals surface area contributed by atoms with E-state index in [1.807, 2.05) is 6.92 Å². The van der Waals surface area contributed by atoms with Crippen LogP contribution in [0.1, 0.15) is 23.0 Å². The standard InChI is InChI=1S/C11H13NO4S/c1-6-4-7(5-16-6)10(13)12-8-2-3-17-9(8)11(14)15/h2-3,6-7H,4-5H2,1H3,(H,12,13)(H,14,15). The molecule has 92 valence electrons. The Hall–Kier alpha value is -1.40. The van der Waals surface area contributed by atoms with E-state index < -0.39 is 5.97 Å². The summed E-state index contributed by atoms with van der Waals surface area (Å²) >= 11 is 1.10. The molecule has 2 rings (SSSR count). The van der Waals surface area contributed by atoms with Crippen LogP contribution in [-0.4, -0.2) is 29.7 Å². The molecule has 17 heavy (non-hydrogen) atoms. The van der Waals surface area contributed by atoms with Crippen LogP contribution < -0.4 is 5.32 Å². The predicted octanol–water partition coefficient (Wildman–Crippen LogP) is 1.81. The van der Waals surface area contributed by atoms with Crippen molar-refractivity contribution < 1.29 is 19.4 Å². The predicted molar refractivity (Wildman–Crippen MR) is 63.4 cm³/mol. The van der Waals surface area contributed by atoms with Crippen LogP contribution in [0, 0.1) is 5.92 Å². The van der Waals surface area contributed by atoms with Gasteiger partial charge in [-0.1, -0.05) is 0 Å². The summed E-state index contributed by atoms with van der Waals surface area (Å²) in [4.78, 5) is 22.9. The number of amides is 1. The molecule has 0 aromatic carbocycles. The molecule has 2 atom stereocenters. The first kappa shape index (κ1) is 12.1. The maximum Gasteiger partial charge on any atom is 0.348 e. The Labute approximate surface area is 102 Å².